The van der Waals surface area contributed by atoms with Gasteiger partial charge in [-0.05, 0) is 23.8 Å². The molecule has 0 saturated heterocycles. The Balaban J connectivity index is 2.06. The Morgan fingerprint density at radius 2 is 2.20 bits per heavy atom. The highest BCUT2D eigenvalue weighted by Crippen LogP contribution is 2.20. The molecule has 0 radical (unpaired) electrons. The first kappa shape index (κ1) is 14.9. The summed E-state index contributed by atoms with van der Waals surface area (Å²) in [5.74, 6) is 0.417. The van der Waals surface area contributed by atoms with E-state index < -0.39 is 10.0 Å². The van der Waals surface area contributed by atoms with Gasteiger partial charge in [0.25, 0.3) is 0 Å². The molecular weight excluding hydrogens is 306 g/mol. The number of sulfonamides is 1. The lowest BCUT2D eigenvalue weighted by Crippen LogP contribution is -2.26. The summed E-state index contributed by atoms with van der Waals surface area (Å²) in [4.78, 5) is 3.83. The summed E-state index contributed by atoms with van der Waals surface area (Å²) in [6.07, 6.45) is 1.49. The Hall–Kier alpha value is -1.48. The lowest BCUT2D eigenvalue weighted by atomic mass is 10.2. The average Bonchev–Trinajstić information content (AvgIpc) is 2.92. The van der Waals surface area contributed by atoms with Gasteiger partial charge in [0.2, 0.25) is 16.4 Å². The standard InChI is InChI=1S/C11H12ClN3O4S/c12-10-2-1-9(5-8(10)6-16)20(17,18)14-4-3-11-13-7-19-15-11/h1-2,5,7,14,16H,3-4,6H2. The molecule has 2 N–H and O–H groups in total. The molecule has 1 aromatic carbocycles. The maximum atomic E-state index is 12.0. The van der Waals surface area contributed by atoms with Crippen LogP contribution in [0.1, 0.15) is 11.4 Å². The van der Waals surface area contributed by atoms with Gasteiger partial charge in [-0.15, -0.1) is 0 Å². The van der Waals surface area contributed by atoms with Gasteiger partial charge in [-0.2, -0.15) is 4.98 Å². The van der Waals surface area contributed by atoms with Gasteiger partial charge in [-0.25, -0.2) is 13.1 Å². The number of benzene rings is 1. The molecular formula is C11H12ClN3O4S. The number of nitrogens with one attached hydrogen (secondary N) is 1. The van der Waals surface area contributed by atoms with Gasteiger partial charge in [0.15, 0.2) is 5.82 Å². The average molecular weight is 318 g/mol. The summed E-state index contributed by atoms with van der Waals surface area (Å²) in [6.45, 7) is -0.190. The summed E-state index contributed by atoms with van der Waals surface area (Å²) in [7, 11) is -3.67. The second-order valence-electron chi connectivity index (χ2n) is 3.91. The number of halogens is 1. The van der Waals surface area contributed by atoms with E-state index in [4.69, 9.17) is 16.7 Å². The lowest BCUT2D eigenvalue weighted by molar-refractivity contribution is 0.281. The minimum absolute atomic E-state index is 0.0408. The Kier molecular flexibility index (Phi) is 4.71. The van der Waals surface area contributed by atoms with Crippen LogP contribution in [-0.4, -0.2) is 30.2 Å². The molecule has 0 atom stereocenters. The monoisotopic (exact) mass is 317 g/mol. The smallest absolute Gasteiger partial charge is 0.240 e. The van der Waals surface area contributed by atoms with Crippen molar-refractivity contribution in [3.63, 3.8) is 0 Å². The zero-order valence-corrected chi connectivity index (χ0v) is 11.9. The van der Waals surface area contributed by atoms with E-state index in [2.05, 4.69) is 19.4 Å². The maximum Gasteiger partial charge on any atom is 0.240 e. The van der Waals surface area contributed by atoms with Gasteiger partial charge in [0.05, 0.1) is 11.5 Å². The predicted octanol–water partition coefficient (Wildman–Crippen LogP) is 0.736. The highest BCUT2D eigenvalue weighted by atomic mass is 35.5. The van der Waals surface area contributed by atoms with Crippen molar-refractivity contribution in [3.8, 4) is 0 Å². The summed E-state index contributed by atoms with van der Waals surface area (Å²) < 4.78 is 31.0. The molecule has 20 heavy (non-hydrogen) atoms. The number of nitrogens with zero attached hydrogens (tertiary/aromatic N) is 2. The third-order valence-electron chi connectivity index (χ3n) is 2.55. The molecule has 0 saturated carbocycles. The van der Waals surface area contributed by atoms with Crippen molar-refractivity contribution >= 4 is 21.6 Å². The van der Waals surface area contributed by atoms with Crippen LogP contribution in [0.25, 0.3) is 0 Å². The second kappa shape index (κ2) is 6.31. The highest BCUT2D eigenvalue weighted by Gasteiger charge is 2.15. The number of hydrogen-bond acceptors (Lipinski definition) is 6. The van der Waals surface area contributed by atoms with Gasteiger partial charge < -0.3 is 9.63 Å². The minimum atomic E-state index is -3.67. The van der Waals surface area contributed by atoms with Gasteiger partial charge in [-0.3, -0.25) is 0 Å². The molecule has 7 nitrogen and oxygen atoms in total. The first-order chi connectivity index (χ1) is 9.53. The Bertz CT molecular complexity index is 673. The first-order valence-electron chi connectivity index (χ1n) is 5.67. The summed E-state index contributed by atoms with van der Waals surface area (Å²) in [5, 5.41) is 13.0. The van der Waals surface area contributed by atoms with E-state index in [-0.39, 0.29) is 18.0 Å². The van der Waals surface area contributed by atoms with Crippen molar-refractivity contribution in [1.29, 1.82) is 0 Å². The molecule has 0 aliphatic heterocycles. The van der Waals surface area contributed by atoms with Crippen LogP contribution in [-0.2, 0) is 23.1 Å². The van der Waals surface area contributed by atoms with Crippen molar-refractivity contribution in [2.75, 3.05) is 6.54 Å². The van der Waals surface area contributed by atoms with Gasteiger partial charge >= 0.3 is 0 Å². The SMILES string of the molecule is O=S(=O)(NCCc1ncon1)c1ccc(Cl)c(CO)c1. The molecule has 0 spiro atoms. The van der Waals surface area contributed by atoms with E-state index in [1.165, 1.54) is 24.6 Å². The largest absolute Gasteiger partial charge is 0.392 e. The van der Waals surface area contributed by atoms with E-state index in [1.807, 2.05) is 0 Å². The third-order valence-corrected chi connectivity index (χ3v) is 4.37. The highest BCUT2D eigenvalue weighted by molar-refractivity contribution is 7.89. The zero-order chi connectivity index (χ0) is 14.6. The molecule has 0 bridgehead atoms. The van der Waals surface area contributed by atoms with Crippen molar-refractivity contribution in [2.24, 2.45) is 0 Å². The molecule has 0 fully saturated rings. The number of rotatable bonds is 6. The summed E-state index contributed by atoms with van der Waals surface area (Å²) in [5.41, 5.74) is 0.354. The number of aromatic nitrogens is 2. The second-order valence-corrected chi connectivity index (χ2v) is 6.08. The fourth-order valence-corrected chi connectivity index (χ4v) is 2.78. The number of aliphatic hydroxyl groups excluding tert-OH is 1. The van der Waals surface area contributed by atoms with E-state index in [0.717, 1.165) is 0 Å². The fourth-order valence-electron chi connectivity index (χ4n) is 1.52. The van der Waals surface area contributed by atoms with Crippen LogP contribution < -0.4 is 4.72 Å². The van der Waals surface area contributed by atoms with E-state index in [9.17, 15) is 8.42 Å². The molecule has 2 aromatic rings. The molecule has 1 aromatic heterocycles. The van der Waals surface area contributed by atoms with Crippen molar-refractivity contribution in [3.05, 3.63) is 41.0 Å². The van der Waals surface area contributed by atoms with E-state index >= 15 is 0 Å². The molecule has 1 heterocycles. The molecule has 2 rings (SSSR count). The number of aliphatic hydroxyl groups is 1. The zero-order valence-electron chi connectivity index (χ0n) is 10.3. The summed E-state index contributed by atoms with van der Waals surface area (Å²) >= 11 is 5.82. The maximum absolute atomic E-state index is 12.0. The van der Waals surface area contributed by atoms with Crippen LogP contribution >= 0.6 is 11.6 Å². The lowest BCUT2D eigenvalue weighted by Gasteiger charge is -2.08. The molecule has 0 aliphatic rings. The van der Waals surface area contributed by atoms with Crippen LogP contribution in [0.5, 0.6) is 0 Å². The fraction of sp³-hybridized carbons (Fsp3) is 0.273. The first-order valence-corrected chi connectivity index (χ1v) is 7.53. The third kappa shape index (κ3) is 3.54. The molecule has 0 amide bonds. The van der Waals surface area contributed by atoms with Gasteiger partial charge in [0.1, 0.15) is 0 Å². The van der Waals surface area contributed by atoms with E-state index in [0.29, 0.717) is 22.8 Å². The normalized spacial score (nSPS) is 11.7. The van der Waals surface area contributed by atoms with Crippen molar-refractivity contribution in [2.45, 2.75) is 17.9 Å². The van der Waals surface area contributed by atoms with E-state index in [1.54, 1.807) is 0 Å². The van der Waals surface area contributed by atoms with Crippen LogP contribution in [0.3, 0.4) is 0 Å². The van der Waals surface area contributed by atoms with Gasteiger partial charge in [-0.1, -0.05) is 16.8 Å². The molecule has 9 heteroatoms. The van der Waals surface area contributed by atoms with Crippen LogP contribution in [0.4, 0.5) is 0 Å². The molecule has 108 valence electrons. The van der Waals surface area contributed by atoms with Gasteiger partial charge in [0, 0.05) is 18.0 Å². The quantitative estimate of drug-likeness (QED) is 0.814. The Morgan fingerprint density at radius 3 is 2.85 bits per heavy atom. The Morgan fingerprint density at radius 1 is 1.40 bits per heavy atom. The molecule has 0 aliphatic carbocycles. The topological polar surface area (TPSA) is 105 Å². The van der Waals surface area contributed by atoms with Crippen LogP contribution in [0.2, 0.25) is 5.02 Å². The van der Waals surface area contributed by atoms with Crippen LogP contribution in [0, 0.1) is 0 Å². The summed E-state index contributed by atoms with van der Waals surface area (Å²) in [6, 6.07) is 4.14. The minimum Gasteiger partial charge on any atom is -0.392 e. The predicted molar refractivity (Wildman–Crippen MR) is 70.6 cm³/mol. The van der Waals surface area contributed by atoms with Crippen LogP contribution in [0.15, 0.2) is 34.0 Å². The Labute approximate surface area is 120 Å². The molecule has 0 unspecified atom stereocenters. The van der Waals surface area contributed by atoms with Crippen molar-refractivity contribution < 1.29 is 18.0 Å². The number of hydrogen-bond donors (Lipinski definition) is 2. The van der Waals surface area contributed by atoms with Crippen molar-refractivity contribution in [1.82, 2.24) is 14.9 Å².